The average molecular weight is 448 g/mol. The van der Waals surface area contributed by atoms with E-state index in [4.69, 9.17) is 0 Å². The summed E-state index contributed by atoms with van der Waals surface area (Å²) in [7, 11) is 0. The Balaban J connectivity index is 1.61. The van der Waals surface area contributed by atoms with Crippen molar-refractivity contribution in [3.8, 4) is 6.07 Å². The van der Waals surface area contributed by atoms with Crippen LogP contribution < -0.4 is 0 Å². The van der Waals surface area contributed by atoms with E-state index in [0.29, 0.717) is 35.5 Å². The lowest BCUT2D eigenvalue weighted by molar-refractivity contribution is -0.142. The third-order valence-corrected chi connectivity index (χ3v) is 11.6. The van der Waals surface area contributed by atoms with Crippen molar-refractivity contribution in [2.75, 3.05) is 0 Å². The zero-order valence-electron chi connectivity index (χ0n) is 21.2. The Hall–Kier alpha value is -1.82. The van der Waals surface area contributed by atoms with Gasteiger partial charge in [-0.3, -0.25) is 4.79 Å². The summed E-state index contributed by atoms with van der Waals surface area (Å²) in [4.78, 5) is 14.0. The lowest BCUT2D eigenvalue weighted by atomic mass is 9.38. The zero-order valence-corrected chi connectivity index (χ0v) is 21.2. The number of ketones is 1. The predicted molar refractivity (Wildman–Crippen MR) is 131 cm³/mol. The topological polar surface area (TPSA) is 61.1 Å². The van der Waals surface area contributed by atoms with Crippen LogP contribution >= 0.6 is 0 Å². The van der Waals surface area contributed by atoms with Crippen LogP contribution in [0.25, 0.3) is 0 Å². The molecule has 0 aromatic rings. The molecule has 3 heteroatoms. The minimum Gasteiger partial charge on any atom is -0.511 e. The highest BCUT2D eigenvalue weighted by Crippen LogP contribution is 2.71. The van der Waals surface area contributed by atoms with Crippen molar-refractivity contribution in [1.82, 2.24) is 0 Å². The third kappa shape index (κ3) is 2.88. The standard InChI is InChI=1S/C30H41NO2/c1-7-18-8-11-28(4)12-9-20-25(21(28)14-18)22(32)15-24-29(20,5)13-10-23-27(2,3)26(33)19(17-31)16-30(23,24)6/h7,15,18,20-21,23,25,33H,1,8-14,16H2,2-6H3. The second-order valence-corrected chi connectivity index (χ2v) is 13.4. The molecule has 8 atom stereocenters. The van der Waals surface area contributed by atoms with Crippen LogP contribution in [0.15, 0.2) is 35.6 Å². The van der Waals surface area contributed by atoms with Crippen molar-refractivity contribution in [3.63, 3.8) is 0 Å². The summed E-state index contributed by atoms with van der Waals surface area (Å²) in [6, 6.07) is 2.30. The Bertz CT molecular complexity index is 1010. The van der Waals surface area contributed by atoms with Gasteiger partial charge in [-0.15, -0.1) is 6.58 Å². The monoisotopic (exact) mass is 447 g/mol. The van der Waals surface area contributed by atoms with Gasteiger partial charge < -0.3 is 5.11 Å². The number of nitriles is 1. The molecule has 0 aromatic heterocycles. The van der Waals surface area contributed by atoms with E-state index in [9.17, 15) is 15.2 Å². The first kappa shape index (κ1) is 22.9. The summed E-state index contributed by atoms with van der Waals surface area (Å²) in [6.07, 6.45) is 12.7. The summed E-state index contributed by atoms with van der Waals surface area (Å²) in [5.74, 6) is 2.33. The highest BCUT2D eigenvalue weighted by Gasteiger charge is 2.64. The molecule has 178 valence electrons. The van der Waals surface area contributed by atoms with Crippen molar-refractivity contribution in [2.24, 2.45) is 51.2 Å². The molecule has 5 aliphatic carbocycles. The van der Waals surface area contributed by atoms with Crippen LogP contribution in [0.1, 0.15) is 86.0 Å². The Morgan fingerprint density at radius 3 is 2.42 bits per heavy atom. The molecule has 33 heavy (non-hydrogen) atoms. The molecule has 5 rings (SSSR count). The van der Waals surface area contributed by atoms with Crippen LogP contribution in [0.2, 0.25) is 0 Å². The van der Waals surface area contributed by atoms with E-state index in [2.05, 4.69) is 53.3 Å². The lowest BCUT2D eigenvalue weighted by Crippen LogP contribution is -2.59. The number of rotatable bonds is 1. The number of allylic oxidation sites excluding steroid dienone is 5. The van der Waals surface area contributed by atoms with Crippen molar-refractivity contribution < 1.29 is 9.90 Å². The molecular weight excluding hydrogens is 406 g/mol. The second kappa shape index (κ2) is 7.10. The molecule has 0 aromatic carbocycles. The van der Waals surface area contributed by atoms with E-state index in [0.717, 1.165) is 25.7 Å². The molecule has 0 bridgehead atoms. The fourth-order valence-electron chi connectivity index (χ4n) is 9.75. The minimum absolute atomic E-state index is 0.00408. The Morgan fingerprint density at radius 2 is 1.76 bits per heavy atom. The molecular formula is C30H41NO2. The molecule has 3 saturated carbocycles. The second-order valence-electron chi connectivity index (χ2n) is 13.4. The normalized spacial score (nSPS) is 48.4. The van der Waals surface area contributed by atoms with Gasteiger partial charge in [0.15, 0.2) is 5.78 Å². The first-order chi connectivity index (χ1) is 15.4. The average Bonchev–Trinajstić information content (AvgIpc) is 2.77. The zero-order chi connectivity index (χ0) is 24.0. The van der Waals surface area contributed by atoms with Gasteiger partial charge in [0.2, 0.25) is 0 Å². The van der Waals surface area contributed by atoms with Crippen LogP contribution in [0.3, 0.4) is 0 Å². The molecule has 0 radical (unpaired) electrons. The first-order valence-electron chi connectivity index (χ1n) is 13.1. The molecule has 0 spiro atoms. The van der Waals surface area contributed by atoms with Crippen LogP contribution in [-0.4, -0.2) is 10.9 Å². The minimum atomic E-state index is -0.453. The number of nitrogens with zero attached hydrogens (tertiary/aromatic N) is 1. The van der Waals surface area contributed by atoms with Crippen LogP contribution in [0.5, 0.6) is 0 Å². The van der Waals surface area contributed by atoms with Crippen LogP contribution in [-0.2, 0) is 4.79 Å². The smallest absolute Gasteiger partial charge is 0.159 e. The third-order valence-electron chi connectivity index (χ3n) is 11.6. The molecule has 0 heterocycles. The van der Waals surface area contributed by atoms with Crippen molar-refractivity contribution in [1.29, 1.82) is 5.26 Å². The number of carbonyl (C=O) groups excluding carboxylic acids is 1. The number of hydrogen-bond acceptors (Lipinski definition) is 3. The van der Waals surface area contributed by atoms with Crippen LogP contribution in [0.4, 0.5) is 0 Å². The van der Waals surface area contributed by atoms with Gasteiger partial charge in [-0.25, -0.2) is 0 Å². The van der Waals surface area contributed by atoms with E-state index in [1.165, 1.54) is 24.8 Å². The fourth-order valence-corrected chi connectivity index (χ4v) is 9.75. The molecule has 8 unspecified atom stereocenters. The van der Waals surface area contributed by atoms with E-state index in [1.807, 2.05) is 6.08 Å². The Morgan fingerprint density at radius 1 is 1.06 bits per heavy atom. The van der Waals surface area contributed by atoms with Crippen molar-refractivity contribution >= 4 is 5.78 Å². The predicted octanol–water partition coefficient (Wildman–Crippen LogP) is 7.32. The maximum Gasteiger partial charge on any atom is 0.159 e. The molecule has 1 N–H and O–H groups in total. The summed E-state index contributed by atoms with van der Waals surface area (Å²) < 4.78 is 0. The number of hydrogen-bond donors (Lipinski definition) is 1. The maximum absolute atomic E-state index is 14.0. The summed E-state index contributed by atoms with van der Waals surface area (Å²) in [6.45, 7) is 15.4. The molecule has 5 aliphatic rings. The number of aliphatic hydroxyl groups excluding tert-OH is 1. The molecule has 3 fully saturated rings. The van der Waals surface area contributed by atoms with E-state index < -0.39 is 5.41 Å². The van der Waals surface area contributed by atoms with E-state index >= 15 is 0 Å². The van der Waals surface area contributed by atoms with Gasteiger partial charge in [-0.2, -0.15) is 5.26 Å². The lowest BCUT2D eigenvalue weighted by Gasteiger charge is -2.65. The summed E-state index contributed by atoms with van der Waals surface area (Å²) in [5, 5.41) is 20.8. The number of aliphatic hydroxyl groups is 1. The molecule has 0 amide bonds. The molecule has 0 saturated heterocycles. The van der Waals surface area contributed by atoms with Gasteiger partial charge in [-0.05, 0) is 97.4 Å². The maximum atomic E-state index is 14.0. The highest BCUT2D eigenvalue weighted by atomic mass is 16.3. The highest BCUT2D eigenvalue weighted by molar-refractivity contribution is 5.95. The van der Waals surface area contributed by atoms with Gasteiger partial charge >= 0.3 is 0 Å². The fraction of sp³-hybridized carbons (Fsp3) is 0.733. The largest absolute Gasteiger partial charge is 0.511 e. The number of fused-ring (bicyclic) bond motifs is 7. The SMILES string of the molecule is C=CC1CCC2(C)CCC3C(C(=O)C=C4C3(C)CCC3C(C)(C)C(O)=C(C#N)CC43C)C2C1. The van der Waals surface area contributed by atoms with Gasteiger partial charge in [0, 0.05) is 11.3 Å². The Kier molecular flexibility index (Phi) is 4.93. The Labute approximate surface area is 200 Å². The summed E-state index contributed by atoms with van der Waals surface area (Å²) in [5.41, 5.74) is 1.35. The van der Waals surface area contributed by atoms with Gasteiger partial charge in [0.1, 0.15) is 5.76 Å². The molecule has 0 aliphatic heterocycles. The summed E-state index contributed by atoms with van der Waals surface area (Å²) >= 11 is 0. The van der Waals surface area contributed by atoms with E-state index in [1.54, 1.807) is 0 Å². The van der Waals surface area contributed by atoms with Gasteiger partial charge in [0.05, 0.1) is 11.6 Å². The number of carbonyl (C=O) groups is 1. The van der Waals surface area contributed by atoms with Crippen molar-refractivity contribution in [2.45, 2.75) is 86.0 Å². The van der Waals surface area contributed by atoms with Gasteiger partial charge in [-0.1, -0.05) is 46.3 Å². The van der Waals surface area contributed by atoms with Gasteiger partial charge in [0.25, 0.3) is 0 Å². The first-order valence-corrected chi connectivity index (χ1v) is 13.1. The molecule has 3 nitrogen and oxygen atoms in total. The van der Waals surface area contributed by atoms with Crippen molar-refractivity contribution in [3.05, 3.63) is 35.6 Å². The van der Waals surface area contributed by atoms with E-state index in [-0.39, 0.29) is 33.8 Å². The van der Waals surface area contributed by atoms with Crippen LogP contribution in [0, 0.1) is 62.6 Å². The quantitative estimate of drug-likeness (QED) is 0.428.